The van der Waals surface area contributed by atoms with Crippen molar-refractivity contribution in [3.05, 3.63) is 53.3 Å². The molecule has 0 N–H and O–H groups in total. The Morgan fingerprint density at radius 1 is 1.05 bits per heavy atom. The van der Waals surface area contributed by atoms with Gasteiger partial charge in [0.15, 0.2) is 0 Å². The summed E-state index contributed by atoms with van der Waals surface area (Å²) in [5.41, 5.74) is 4.01. The first-order valence-corrected chi connectivity index (χ1v) is 7.19. The van der Waals surface area contributed by atoms with Gasteiger partial charge in [0.1, 0.15) is 0 Å². The predicted molar refractivity (Wildman–Crippen MR) is 81.9 cm³/mol. The Bertz CT molecular complexity index is 614. The van der Waals surface area contributed by atoms with Crippen LogP contribution in [0.15, 0.2) is 36.5 Å². The van der Waals surface area contributed by atoms with Crippen LogP contribution in [0.5, 0.6) is 0 Å². The van der Waals surface area contributed by atoms with E-state index in [4.69, 9.17) is 4.98 Å². The molecule has 0 saturated carbocycles. The van der Waals surface area contributed by atoms with Crippen LogP contribution < -0.4 is 4.90 Å². The second-order valence-corrected chi connectivity index (χ2v) is 6.43. The molecule has 104 valence electrons. The Hall–Kier alpha value is -1.90. The van der Waals surface area contributed by atoms with Gasteiger partial charge >= 0.3 is 0 Å². The molecule has 2 aromatic rings. The molecule has 0 unspecified atom stereocenters. The molecule has 1 aromatic heterocycles. The fourth-order valence-electron chi connectivity index (χ4n) is 2.58. The van der Waals surface area contributed by atoms with E-state index < -0.39 is 0 Å². The molecule has 0 fully saturated rings. The van der Waals surface area contributed by atoms with E-state index >= 15 is 0 Å². The van der Waals surface area contributed by atoms with E-state index in [-0.39, 0.29) is 5.41 Å². The average Bonchev–Trinajstić information content (AvgIpc) is 2.46. The van der Waals surface area contributed by atoms with E-state index in [0.29, 0.717) is 0 Å². The number of hydrogen-bond acceptors (Lipinski definition) is 3. The second kappa shape index (κ2) is 4.89. The maximum atomic E-state index is 4.76. The molecule has 0 spiro atoms. The maximum Gasteiger partial charge on any atom is 0.225 e. The summed E-state index contributed by atoms with van der Waals surface area (Å²) in [4.78, 5) is 11.5. The molecule has 1 aliphatic heterocycles. The minimum Gasteiger partial charge on any atom is -0.336 e. The Morgan fingerprint density at radius 2 is 1.80 bits per heavy atom. The molecule has 1 aliphatic rings. The molecule has 0 amide bonds. The van der Waals surface area contributed by atoms with Gasteiger partial charge in [-0.25, -0.2) is 9.97 Å². The van der Waals surface area contributed by atoms with Crippen molar-refractivity contribution in [3.8, 4) is 0 Å². The van der Waals surface area contributed by atoms with Crippen LogP contribution in [-0.4, -0.2) is 16.5 Å². The van der Waals surface area contributed by atoms with E-state index in [9.17, 15) is 0 Å². The highest BCUT2D eigenvalue weighted by atomic mass is 15.2. The Labute approximate surface area is 120 Å². The van der Waals surface area contributed by atoms with Crippen LogP contribution in [0.1, 0.15) is 37.6 Å². The van der Waals surface area contributed by atoms with Crippen LogP contribution in [0.3, 0.4) is 0 Å². The van der Waals surface area contributed by atoms with E-state index in [2.05, 4.69) is 54.9 Å². The minimum absolute atomic E-state index is 0.0609. The molecule has 0 aliphatic carbocycles. The number of hydrogen-bond donors (Lipinski definition) is 0. The van der Waals surface area contributed by atoms with Crippen molar-refractivity contribution in [2.45, 2.75) is 39.2 Å². The van der Waals surface area contributed by atoms with Gasteiger partial charge in [-0.15, -0.1) is 0 Å². The Morgan fingerprint density at radius 3 is 2.55 bits per heavy atom. The first kappa shape index (κ1) is 13.1. The van der Waals surface area contributed by atoms with Gasteiger partial charge in [0.25, 0.3) is 0 Å². The summed E-state index contributed by atoms with van der Waals surface area (Å²) in [6, 6.07) is 10.7. The normalized spacial score (nSPS) is 15.1. The van der Waals surface area contributed by atoms with Crippen molar-refractivity contribution >= 4 is 5.95 Å². The molecular formula is C17H21N3. The van der Waals surface area contributed by atoms with E-state index in [1.807, 2.05) is 12.3 Å². The second-order valence-electron chi connectivity index (χ2n) is 6.43. The Balaban J connectivity index is 1.88. The van der Waals surface area contributed by atoms with Gasteiger partial charge in [-0.05, 0) is 23.6 Å². The number of fused-ring (bicyclic) bond motifs is 1. The SMILES string of the molecule is CC(C)(C)c1ccnc(N2CCc3ccccc3C2)n1. The van der Waals surface area contributed by atoms with Crippen LogP contribution in [-0.2, 0) is 18.4 Å². The molecule has 0 bridgehead atoms. The number of rotatable bonds is 1. The summed E-state index contributed by atoms with van der Waals surface area (Å²) < 4.78 is 0. The zero-order valence-corrected chi connectivity index (χ0v) is 12.4. The lowest BCUT2D eigenvalue weighted by Gasteiger charge is -2.29. The summed E-state index contributed by atoms with van der Waals surface area (Å²) in [6.45, 7) is 8.45. The number of nitrogens with zero attached hydrogens (tertiary/aromatic N) is 3. The number of aromatic nitrogens is 2. The van der Waals surface area contributed by atoms with Crippen LogP contribution in [0.25, 0.3) is 0 Å². The van der Waals surface area contributed by atoms with Gasteiger partial charge in [-0.2, -0.15) is 0 Å². The standard InChI is InChI=1S/C17H21N3/c1-17(2,3)15-8-10-18-16(19-15)20-11-9-13-6-4-5-7-14(13)12-20/h4-8,10H,9,11-12H2,1-3H3. The molecule has 2 heterocycles. The van der Waals surface area contributed by atoms with Crippen LogP contribution >= 0.6 is 0 Å². The van der Waals surface area contributed by atoms with Crippen molar-refractivity contribution in [3.63, 3.8) is 0 Å². The third-order valence-electron chi connectivity index (χ3n) is 3.82. The quantitative estimate of drug-likeness (QED) is 0.793. The molecule has 0 saturated heterocycles. The highest BCUT2D eigenvalue weighted by molar-refractivity contribution is 5.40. The number of benzene rings is 1. The lowest BCUT2D eigenvalue weighted by molar-refractivity contribution is 0.563. The van der Waals surface area contributed by atoms with Gasteiger partial charge < -0.3 is 4.90 Å². The van der Waals surface area contributed by atoms with Crippen molar-refractivity contribution < 1.29 is 0 Å². The molecule has 20 heavy (non-hydrogen) atoms. The van der Waals surface area contributed by atoms with Crippen molar-refractivity contribution in [1.29, 1.82) is 0 Å². The smallest absolute Gasteiger partial charge is 0.225 e. The van der Waals surface area contributed by atoms with Gasteiger partial charge in [0.2, 0.25) is 5.95 Å². The summed E-state index contributed by atoms with van der Waals surface area (Å²) in [7, 11) is 0. The topological polar surface area (TPSA) is 29.0 Å². The first-order valence-electron chi connectivity index (χ1n) is 7.19. The van der Waals surface area contributed by atoms with Gasteiger partial charge in [0.05, 0.1) is 5.69 Å². The molecule has 3 rings (SSSR count). The lowest BCUT2D eigenvalue weighted by Crippen LogP contribution is -2.32. The third kappa shape index (κ3) is 2.53. The van der Waals surface area contributed by atoms with E-state index in [0.717, 1.165) is 31.2 Å². The monoisotopic (exact) mass is 267 g/mol. The Kier molecular flexibility index (Phi) is 3.20. The van der Waals surface area contributed by atoms with Gasteiger partial charge in [0, 0.05) is 24.7 Å². The largest absolute Gasteiger partial charge is 0.336 e. The van der Waals surface area contributed by atoms with Crippen molar-refractivity contribution in [1.82, 2.24) is 9.97 Å². The lowest BCUT2D eigenvalue weighted by atomic mass is 9.92. The van der Waals surface area contributed by atoms with Gasteiger partial charge in [-0.3, -0.25) is 0 Å². The van der Waals surface area contributed by atoms with E-state index in [1.54, 1.807) is 0 Å². The zero-order chi connectivity index (χ0) is 14.2. The van der Waals surface area contributed by atoms with Crippen LogP contribution in [0, 0.1) is 0 Å². The van der Waals surface area contributed by atoms with Crippen molar-refractivity contribution in [2.75, 3.05) is 11.4 Å². The molecule has 0 radical (unpaired) electrons. The zero-order valence-electron chi connectivity index (χ0n) is 12.4. The molecular weight excluding hydrogens is 246 g/mol. The van der Waals surface area contributed by atoms with Crippen molar-refractivity contribution in [2.24, 2.45) is 0 Å². The van der Waals surface area contributed by atoms with E-state index in [1.165, 1.54) is 11.1 Å². The highest BCUT2D eigenvalue weighted by Gasteiger charge is 2.21. The molecule has 3 nitrogen and oxygen atoms in total. The predicted octanol–water partition coefficient (Wildman–Crippen LogP) is 3.34. The summed E-state index contributed by atoms with van der Waals surface area (Å²) in [6.07, 6.45) is 2.95. The fraction of sp³-hybridized carbons (Fsp3) is 0.412. The molecule has 1 aromatic carbocycles. The fourth-order valence-corrected chi connectivity index (χ4v) is 2.58. The summed E-state index contributed by atoms with van der Waals surface area (Å²) in [5, 5.41) is 0. The minimum atomic E-state index is 0.0609. The number of anilines is 1. The molecule has 0 atom stereocenters. The van der Waals surface area contributed by atoms with Crippen LogP contribution in [0.2, 0.25) is 0 Å². The maximum absolute atomic E-state index is 4.76. The third-order valence-corrected chi connectivity index (χ3v) is 3.82. The summed E-state index contributed by atoms with van der Waals surface area (Å²) >= 11 is 0. The van der Waals surface area contributed by atoms with Crippen LogP contribution in [0.4, 0.5) is 5.95 Å². The average molecular weight is 267 g/mol. The highest BCUT2D eigenvalue weighted by Crippen LogP contribution is 2.24. The first-order chi connectivity index (χ1) is 9.54. The molecule has 3 heteroatoms. The summed E-state index contributed by atoms with van der Waals surface area (Å²) in [5.74, 6) is 0.854. The van der Waals surface area contributed by atoms with Gasteiger partial charge in [-0.1, -0.05) is 45.0 Å².